The number of anilines is 1. The Morgan fingerprint density at radius 3 is 2.40 bits per heavy atom. The van der Waals surface area contributed by atoms with Crippen LogP contribution >= 0.6 is 0 Å². The highest BCUT2D eigenvalue weighted by atomic mass is 16.6. The van der Waals surface area contributed by atoms with Gasteiger partial charge in [-0.25, -0.2) is 14.8 Å². The molecular formula is C34H37N5O4. The van der Waals surface area contributed by atoms with Gasteiger partial charge in [0.05, 0.1) is 18.0 Å². The molecule has 6 rings (SSSR count). The van der Waals surface area contributed by atoms with Gasteiger partial charge in [0.25, 0.3) is 0 Å². The van der Waals surface area contributed by atoms with Crippen LogP contribution in [0.25, 0.3) is 22.2 Å². The number of rotatable bonds is 4. The molecule has 4 aromatic rings. The minimum atomic E-state index is -0.516. The molecule has 4 heterocycles. The van der Waals surface area contributed by atoms with Gasteiger partial charge in [-0.05, 0) is 75.8 Å². The molecule has 2 aromatic carbocycles. The largest absolute Gasteiger partial charge is 0.457 e. The van der Waals surface area contributed by atoms with Crippen LogP contribution in [0.4, 0.5) is 10.6 Å². The lowest BCUT2D eigenvalue weighted by atomic mass is 9.96. The van der Waals surface area contributed by atoms with E-state index in [2.05, 4.69) is 26.4 Å². The lowest BCUT2D eigenvalue weighted by Crippen LogP contribution is -2.41. The van der Waals surface area contributed by atoms with Gasteiger partial charge in [0.1, 0.15) is 40.6 Å². The van der Waals surface area contributed by atoms with E-state index < -0.39 is 5.60 Å². The number of hydrogen-bond donors (Lipinski definition) is 1. The summed E-state index contributed by atoms with van der Waals surface area (Å²) in [6.07, 6.45) is 3.66. The third-order valence-electron chi connectivity index (χ3n) is 7.75. The highest BCUT2D eigenvalue weighted by molar-refractivity contribution is 6.03. The van der Waals surface area contributed by atoms with Crippen molar-refractivity contribution in [1.29, 1.82) is 0 Å². The van der Waals surface area contributed by atoms with Gasteiger partial charge in [-0.3, -0.25) is 0 Å². The van der Waals surface area contributed by atoms with E-state index in [9.17, 15) is 4.79 Å². The SMILES string of the molecule is CC(C)(C)OC(=O)N1CCC(C#Cc2c(-c3ccc(Oc4ccccc4)cc3)c3c(N)ncnc3n2C2CCOC2)CC1. The number of fused-ring (bicyclic) bond motifs is 1. The summed E-state index contributed by atoms with van der Waals surface area (Å²) in [6.45, 7) is 8.15. The zero-order valence-electron chi connectivity index (χ0n) is 24.9. The molecule has 9 heteroatoms. The second kappa shape index (κ2) is 12.0. The predicted octanol–water partition coefficient (Wildman–Crippen LogP) is 6.43. The molecule has 0 aliphatic carbocycles. The number of amides is 1. The average molecular weight is 580 g/mol. The molecule has 2 aliphatic rings. The Morgan fingerprint density at radius 1 is 1.00 bits per heavy atom. The fourth-order valence-electron chi connectivity index (χ4n) is 5.66. The number of carbonyl (C=O) groups excluding carboxylic acids is 1. The van der Waals surface area contributed by atoms with E-state index in [1.54, 1.807) is 4.90 Å². The molecule has 1 amide bonds. The van der Waals surface area contributed by atoms with Crippen LogP contribution in [-0.4, -0.2) is 57.4 Å². The first-order chi connectivity index (χ1) is 20.8. The van der Waals surface area contributed by atoms with Crippen molar-refractivity contribution in [2.45, 2.75) is 51.7 Å². The Morgan fingerprint density at radius 2 is 1.72 bits per heavy atom. The van der Waals surface area contributed by atoms with Gasteiger partial charge in [-0.1, -0.05) is 36.3 Å². The van der Waals surface area contributed by atoms with Crippen molar-refractivity contribution in [3.8, 4) is 34.5 Å². The summed E-state index contributed by atoms with van der Waals surface area (Å²) in [5.41, 5.74) is 9.47. The molecule has 1 atom stereocenters. The van der Waals surface area contributed by atoms with Crippen LogP contribution in [0, 0.1) is 17.8 Å². The summed E-state index contributed by atoms with van der Waals surface area (Å²) < 4.78 is 19.6. The number of nitrogens with zero attached hydrogens (tertiary/aromatic N) is 4. The molecule has 9 nitrogen and oxygen atoms in total. The highest BCUT2D eigenvalue weighted by Gasteiger charge is 2.29. The number of aromatic nitrogens is 3. The van der Waals surface area contributed by atoms with E-state index >= 15 is 0 Å². The molecule has 2 aromatic heterocycles. The maximum Gasteiger partial charge on any atom is 0.410 e. The van der Waals surface area contributed by atoms with Gasteiger partial charge >= 0.3 is 6.09 Å². The van der Waals surface area contributed by atoms with Crippen molar-refractivity contribution >= 4 is 22.9 Å². The number of benzene rings is 2. The molecule has 0 radical (unpaired) electrons. The Bertz CT molecular complexity index is 1650. The van der Waals surface area contributed by atoms with E-state index in [0.29, 0.717) is 32.1 Å². The van der Waals surface area contributed by atoms with Crippen LogP contribution < -0.4 is 10.5 Å². The Kier molecular flexibility index (Phi) is 7.96. The molecule has 0 bridgehead atoms. The second-order valence-corrected chi connectivity index (χ2v) is 12.0. The van der Waals surface area contributed by atoms with E-state index in [4.69, 9.17) is 19.9 Å². The van der Waals surface area contributed by atoms with Crippen LogP contribution in [0.5, 0.6) is 11.5 Å². The van der Waals surface area contributed by atoms with E-state index in [0.717, 1.165) is 58.6 Å². The summed E-state index contributed by atoms with van der Waals surface area (Å²) in [6, 6.07) is 17.7. The number of hydrogen-bond acceptors (Lipinski definition) is 7. The lowest BCUT2D eigenvalue weighted by molar-refractivity contribution is 0.0199. The van der Waals surface area contributed by atoms with Crippen molar-refractivity contribution in [2.24, 2.45) is 5.92 Å². The standard InChI is InChI=1S/C34H37N5O4/c1-34(2,3)43-33(40)38-18-15-23(16-19-38)9-14-28-29(24-10-12-27(13-11-24)42-26-7-5-4-6-8-26)30-31(35)36-22-37-32(30)39(28)25-17-20-41-21-25/h4-8,10-13,22-23,25H,15-21H2,1-3H3,(H2,35,36,37). The lowest BCUT2D eigenvalue weighted by Gasteiger charge is -2.31. The summed E-state index contributed by atoms with van der Waals surface area (Å²) in [4.78, 5) is 23.4. The molecule has 2 aliphatic heterocycles. The van der Waals surface area contributed by atoms with E-state index in [1.165, 1.54) is 6.33 Å². The molecule has 2 saturated heterocycles. The first-order valence-corrected chi connectivity index (χ1v) is 14.8. The fraction of sp³-hybridized carbons (Fsp3) is 0.382. The van der Waals surface area contributed by atoms with Crippen LogP contribution in [0.15, 0.2) is 60.9 Å². The van der Waals surface area contributed by atoms with Gasteiger partial charge in [-0.15, -0.1) is 0 Å². The van der Waals surface area contributed by atoms with E-state index in [-0.39, 0.29) is 18.1 Å². The Hall–Kier alpha value is -4.55. The minimum Gasteiger partial charge on any atom is -0.457 e. The highest BCUT2D eigenvalue weighted by Crippen LogP contribution is 2.40. The summed E-state index contributed by atoms with van der Waals surface area (Å²) in [5, 5.41) is 0.787. The van der Waals surface area contributed by atoms with Crippen molar-refractivity contribution in [3.05, 3.63) is 66.6 Å². The van der Waals surface area contributed by atoms with Crippen LogP contribution in [0.2, 0.25) is 0 Å². The normalized spacial score (nSPS) is 17.5. The molecule has 43 heavy (non-hydrogen) atoms. The average Bonchev–Trinajstić information content (AvgIpc) is 3.63. The molecule has 0 spiro atoms. The minimum absolute atomic E-state index is 0.0875. The summed E-state index contributed by atoms with van der Waals surface area (Å²) in [7, 11) is 0. The first kappa shape index (κ1) is 28.6. The Labute approximate surface area is 252 Å². The Balaban J connectivity index is 1.35. The van der Waals surface area contributed by atoms with Gasteiger partial charge in [-0.2, -0.15) is 0 Å². The monoisotopic (exact) mass is 579 g/mol. The number of nitrogens with two attached hydrogens (primary N) is 1. The number of likely N-dealkylation sites (tertiary alicyclic amines) is 1. The first-order valence-electron chi connectivity index (χ1n) is 14.8. The zero-order valence-corrected chi connectivity index (χ0v) is 24.9. The smallest absolute Gasteiger partial charge is 0.410 e. The van der Waals surface area contributed by atoms with Crippen molar-refractivity contribution in [3.63, 3.8) is 0 Å². The fourth-order valence-corrected chi connectivity index (χ4v) is 5.66. The van der Waals surface area contributed by atoms with Crippen LogP contribution in [0.3, 0.4) is 0 Å². The van der Waals surface area contributed by atoms with Gasteiger partial charge < -0.3 is 29.4 Å². The van der Waals surface area contributed by atoms with Crippen molar-refractivity contribution in [1.82, 2.24) is 19.4 Å². The zero-order chi connectivity index (χ0) is 30.0. The topological polar surface area (TPSA) is 105 Å². The van der Waals surface area contributed by atoms with Gasteiger partial charge in [0.15, 0.2) is 0 Å². The predicted molar refractivity (Wildman–Crippen MR) is 166 cm³/mol. The quantitative estimate of drug-likeness (QED) is 0.278. The summed E-state index contributed by atoms with van der Waals surface area (Å²) >= 11 is 0. The van der Waals surface area contributed by atoms with Gasteiger partial charge in [0, 0.05) is 31.2 Å². The maximum absolute atomic E-state index is 12.6. The van der Waals surface area contributed by atoms with Crippen LogP contribution in [0.1, 0.15) is 51.8 Å². The molecule has 2 N–H and O–H groups in total. The van der Waals surface area contributed by atoms with Crippen LogP contribution in [-0.2, 0) is 9.47 Å². The molecule has 1 unspecified atom stereocenters. The number of nitrogen functional groups attached to an aromatic ring is 1. The van der Waals surface area contributed by atoms with Crippen molar-refractivity contribution in [2.75, 3.05) is 32.0 Å². The summed E-state index contributed by atoms with van der Waals surface area (Å²) in [5.74, 6) is 9.15. The van der Waals surface area contributed by atoms with Crippen molar-refractivity contribution < 1.29 is 19.0 Å². The number of ether oxygens (including phenoxy) is 3. The molecule has 222 valence electrons. The number of piperidine rings is 1. The number of carbonyl (C=O) groups is 1. The molecule has 0 saturated carbocycles. The van der Waals surface area contributed by atoms with Gasteiger partial charge in [0.2, 0.25) is 0 Å². The molecular weight excluding hydrogens is 542 g/mol. The third kappa shape index (κ3) is 6.30. The maximum atomic E-state index is 12.6. The number of para-hydroxylation sites is 1. The second-order valence-electron chi connectivity index (χ2n) is 12.0. The molecule has 2 fully saturated rings. The third-order valence-corrected chi connectivity index (χ3v) is 7.75. The van der Waals surface area contributed by atoms with E-state index in [1.807, 2.05) is 75.4 Å².